The molecule has 3 heterocycles. The van der Waals surface area contributed by atoms with Crippen LogP contribution in [0.1, 0.15) is 92.4 Å². The zero-order valence-electron chi connectivity index (χ0n) is 32.9. The van der Waals surface area contributed by atoms with Crippen molar-refractivity contribution in [1.29, 1.82) is 0 Å². The van der Waals surface area contributed by atoms with Crippen LogP contribution in [0.25, 0.3) is 11.1 Å². The summed E-state index contributed by atoms with van der Waals surface area (Å²) in [5.41, 5.74) is 2.77. The van der Waals surface area contributed by atoms with E-state index in [-0.39, 0.29) is 38.0 Å². The second kappa shape index (κ2) is 20.3. The molecule has 308 valence electrons. The first kappa shape index (κ1) is 41.4. The molecule has 3 amide bonds. The van der Waals surface area contributed by atoms with Gasteiger partial charge in [-0.05, 0) is 92.4 Å². The van der Waals surface area contributed by atoms with Crippen LogP contribution in [0.2, 0.25) is 5.02 Å². The lowest BCUT2D eigenvalue weighted by molar-refractivity contribution is -0.140. The van der Waals surface area contributed by atoms with Gasteiger partial charge < -0.3 is 34.7 Å². The highest BCUT2D eigenvalue weighted by molar-refractivity contribution is 6.30. The van der Waals surface area contributed by atoms with Gasteiger partial charge in [0.2, 0.25) is 17.6 Å². The van der Waals surface area contributed by atoms with Crippen LogP contribution in [0.15, 0.2) is 83.3 Å². The molecule has 1 saturated carbocycles. The van der Waals surface area contributed by atoms with Gasteiger partial charge in [0.25, 0.3) is 5.89 Å². The second-order valence-electron chi connectivity index (χ2n) is 16.0. The van der Waals surface area contributed by atoms with Gasteiger partial charge in [-0.25, -0.2) is 9.78 Å². The molecule has 3 fully saturated rings. The SMILES string of the molecule is O=C(N[C@H](CCC1CCNCC1)C(=O)N1C[C@H](OCc2ccc(Cl)cc2)C[C@H]1C(=O)N[C@@H](CC1CCCCC1)C(=O)c1nc2ccccc2o1)OCc1ccccc1. The van der Waals surface area contributed by atoms with E-state index in [2.05, 4.69) is 20.9 Å². The standard InChI is InChI=1S/C45H54ClN5O7/c46-34-18-15-33(16-19-34)28-56-35-26-39(42(53)48-38(25-31-9-3-1-4-10-31)41(52)43-49-36-13-7-8-14-40(36)58-43)51(27-35)44(54)37(20-17-30-21-23-47-24-22-30)50-45(55)57-29-32-11-5-2-6-12-32/h2,5-8,11-16,18-19,30-31,35,37-39,47H,1,3-4,9-10,17,20-29H2,(H,48,53)(H,50,55)/t35-,37-,38+,39+/m1/s1. The second-order valence-corrected chi connectivity index (χ2v) is 16.4. The van der Waals surface area contributed by atoms with Crippen molar-refractivity contribution in [3.8, 4) is 0 Å². The number of amides is 3. The van der Waals surface area contributed by atoms with E-state index in [0.29, 0.717) is 34.9 Å². The number of hydrogen-bond acceptors (Lipinski definition) is 9. The van der Waals surface area contributed by atoms with Crippen LogP contribution in [0, 0.1) is 11.8 Å². The minimum Gasteiger partial charge on any atom is -0.445 e. The molecule has 4 atom stereocenters. The monoisotopic (exact) mass is 811 g/mol. The van der Waals surface area contributed by atoms with Crippen LogP contribution in [0.5, 0.6) is 0 Å². The summed E-state index contributed by atoms with van der Waals surface area (Å²) >= 11 is 6.12. The van der Waals surface area contributed by atoms with E-state index in [1.807, 2.05) is 54.6 Å². The third-order valence-electron chi connectivity index (χ3n) is 11.8. The third-order valence-corrected chi connectivity index (χ3v) is 12.1. The molecule has 1 aromatic heterocycles. The van der Waals surface area contributed by atoms with Crippen LogP contribution < -0.4 is 16.0 Å². The van der Waals surface area contributed by atoms with Crippen LogP contribution in [0.4, 0.5) is 4.79 Å². The number of oxazole rings is 1. The Bertz CT molecular complexity index is 1950. The van der Waals surface area contributed by atoms with Gasteiger partial charge >= 0.3 is 6.09 Å². The van der Waals surface area contributed by atoms with Crippen molar-refractivity contribution < 1.29 is 33.1 Å². The number of rotatable bonds is 16. The smallest absolute Gasteiger partial charge is 0.408 e. The maximum Gasteiger partial charge on any atom is 0.408 e. The first-order chi connectivity index (χ1) is 28.3. The summed E-state index contributed by atoms with van der Waals surface area (Å²) in [6, 6.07) is 21.0. The first-order valence-electron chi connectivity index (χ1n) is 20.8. The number of hydrogen-bond donors (Lipinski definition) is 3. The molecule has 7 rings (SSSR count). The Morgan fingerprint density at radius 1 is 0.828 bits per heavy atom. The normalized spacial score (nSPS) is 20.1. The number of ether oxygens (including phenoxy) is 2. The summed E-state index contributed by atoms with van der Waals surface area (Å²) in [5.74, 6) is -0.663. The lowest BCUT2D eigenvalue weighted by Gasteiger charge is -2.31. The Balaban J connectivity index is 1.12. The van der Waals surface area contributed by atoms with E-state index in [4.69, 9.17) is 25.5 Å². The summed E-state index contributed by atoms with van der Waals surface area (Å²) in [4.78, 5) is 62.8. The number of para-hydroxylation sites is 2. The van der Waals surface area contributed by atoms with Gasteiger partial charge in [0, 0.05) is 18.0 Å². The molecule has 3 aromatic carbocycles. The topological polar surface area (TPSA) is 152 Å². The van der Waals surface area contributed by atoms with Gasteiger partial charge in [0.15, 0.2) is 5.58 Å². The summed E-state index contributed by atoms with van der Waals surface area (Å²) in [5, 5.41) is 9.92. The van der Waals surface area contributed by atoms with Crippen molar-refractivity contribution in [3.05, 3.63) is 101 Å². The van der Waals surface area contributed by atoms with E-state index in [9.17, 15) is 19.2 Å². The van der Waals surface area contributed by atoms with Gasteiger partial charge in [-0.3, -0.25) is 14.4 Å². The molecule has 2 saturated heterocycles. The van der Waals surface area contributed by atoms with E-state index < -0.39 is 47.9 Å². The summed E-state index contributed by atoms with van der Waals surface area (Å²) < 4.78 is 17.8. The number of carbonyl (C=O) groups excluding carboxylic acids is 4. The molecule has 12 nitrogen and oxygen atoms in total. The fourth-order valence-corrected chi connectivity index (χ4v) is 8.65. The molecule has 13 heteroatoms. The minimum atomic E-state index is -0.962. The highest BCUT2D eigenvalue weighted by Crippen LogP contribution is 2.30. The molecule has 2 aliphatic heterocycles. The van der Waals surface area contributed by atoms with Crippen LogP contribution >= 0.6 is 11.6 Å². The lowest BCUT2D eigenvalue weighted by atomic mass is 9.84. The number of likely N-dealkylation sites (tertiary alicyclic amines) is 1. The van der Waals surface area contributed by atoms with Gasteiger partial charge in [0.05, 0.1) is 18.8 Å². The summed E-state index contributed by atoms with van der Waals surface area (Å²) in [6.45, 7) is 2.24. The lowest BCUT2D eigenvalue weighted by Crippen LogP contribution is -2.55. The first-order valence-corrected chi connectivity index (χ1v) is 21.2. The number of piperidine rings is 1. The van der Waals surface area contributed by atoms with Gasteiger partial charge in [0.1, 0.15) is 24.2 Å². The fraction of sp³-hybridized carbons (Fsp3) is 0.489. The van der Waals surface area contributed by atoms with Crippen molar-refractivity contribution >= 4 is 46.4 Å². The average Bonchev–Trinajstić information content (AvgIpc) is 3.90. The van der Waals surface area contributed by atoms with Crippen molar-refractivity contribution in [3.63, 3.8) is 0 Å². The minimum absolute atomic E-state index is 0.0493. The molecule has 1 aliphatic carbocycles. The number of nitrogens with zero attached hydrogens (tertiary/aromatic N) is 2. The summed E-state index contributed by atoms with van der Waals surface area (Å²) in [7, 11) is 0. The Morgan fingerprint density at radius 3 is 2.31 bits per heavy atom. The van der Waals surface area contributed by atoms with Gasteiger partial charge in [-0.2, -0.15) is 0 Å². The number of fused-ring (bicyclic) bond motifs is 1. The van der Waals surface area contributed by atoms with E-state index in [1.54, 1.807) is 24.3 Å². The number of nitrogens with one attached hydrogen (secondary N) is 3. The number of ketones is 1. The number of benzene rings is 3. The average molecular weight is 812 g/mol. The predicted molar refractivity (Wildman–Crippen MR) is 220 cm³/mol. The van der Waals surface area contributed by atoms with Crippen LogP contribution in [0.3, 0.4) is 0 Å². The Kier molecular flexibility index (Phi) is 14.5. The quantitative estimate of drug-likeness (QED) is 0.0985. The zero-order valence-corrected chi connectivity index (χ0v) is 33.7. The molecule has 0 spiro atoms. The highest BCUT2D eigenvalue weighted by atomic mass is 35.5. The van der Waals surface area contributed by atoms with Crippen molar-refractivity contribution in [1.82, 2.24) is 25.8 Å². The third kappa shape index (κ3) is 11.2. The molecule has 0 unspecified atom stereocenters. The van der Waals surface area contributed by atoms with Crippen LogP contribution in [-0.4, -0.2) is 77.4 Å². The van der Waals surface area contributed by atoms with E-state index in [1.165, 1.54) is 4.90 Å². The number of carbonyl (C=O) groups is 4. The van der Waals surface area contributed by atoms with Crippen molar-refractivity contribution in [2.75, 3.05) is 19.6 Å². The number of aromatic nitrogens is 1. The van der Waals surface area contributed by atoms with E-state index in [0.717, 1.165) is 75.6 Å². The van der Waals surface area contributed by atoms with Gasteiger partial charge in [-0.15, -0.1) is 0 Å². The molecule has 3 aliphatic rings. The molecule has 4 aromatic rings. The highest BCUT2D eigenvalue weighted by Gasteiger charge is 2.44. The van der Waals surface area contributed by atoms with Gasteiger partial charge in [-0.1, -0.05) is 98.3 Å². The zero-order chi connectivity index (χ0) is 40.3. The molecule has 3 N–H and O–H groups in total. The molecule has 0 bridgehead atoms. The number of halogens is 1. The number of Topliss-reactive ketones (excluding diaryl/α,β-unsaturated/α-hetero) is 1. The van der Waals surface area contributed by atoms with E-state index >= 15 is 0 Å². The van der Waals surface area contributed by atoms with Crippen molar-refractivity contribution in [2.24, 2.45) is 11.8 Å². The summed E-state index contributed by atoms with van der Waals surface area (Å²) in [6.07, 6.45) is 7.72. The largest absolute Gasteiger partial charge is 0.445 e. The Labute approximate surface area is 344 Å². The molecule has 58 heavy (non-hydrogen) atoms. The van der Waals surface area contributed by atoms with Crippen LogP contribution in [-0.2, 0) is 32.3 Å². The number of alkyl carbamates (subject to hydrolysis) is 1. The molecule has 0 radical (unpaired) electrons. The fourth-order valence-electron chi connectivity index (χ4n) is 8.52. The predicted octanol–water partition coefficient (Wildman–Crippen LogP) is 7.38. The van der Waals surface area contributed by atoms with Crippen molar-refractivity contribution in [2.45, 2.75) is 108 Å². The molecular weight excluding hydrogens is 758 g/mol. The molecular formula is C45H54ClN5O7. The Hall–Kier alpha value is -4.78. The Morgan fingerprint density at radius 2 is 1.55 bits per heavy atom. The maximum absolute atomic E-state index is 14.8. The maximum atomic E-state index is 14.8.